The molecule has 0 radical (unpaired) electrons. The minimum atomic E-state index is -0.837. The molecule has 0 unspecified atom stereocenters. The molecule has 42 heavy (non-hydrogen) atoms. The highest BCUT2D eigenvalue weighted by Gasteiger charge is 2.34. The van der Waals surface area contributed by atoms with E-state index in [1.807, 2.05) is 6.92 Å². The van der Waals surface area contributed by atoms with Crippen LogP contribution in [0.2, 0.25) is 0 Å². The van der Waals surface area contributed by atoms with Crippen LogP contribution in [0.5, 0.6) is 11.5 Å². The lowest BCUT2D eigenvalue weighted by atomic mass is 9.95. The molecule has 0 N–H and O–H groups in total. The van der Waals surface area contributed by atoms with Crippen molar-refractivity contribution in [1.82, 2.24) is 4.57 Å². The van der Waals surface area contributed by atoms with Crippen LogP contribution in [0.1, 0.15) is 50.8 Å². The van der Waals surface area contributed by atoms with Gasteiger partial charge < -0.3 is 19.1 Å². The van der Waals surface area contributed by atoms with Gasteiger partial charge in [0, 0.05) is 36.5 Å². The zero-order valence-corrected chi connectivity index (χ0v) is 24.7. The molecule has 1 aromatic heterocycles. The number of nitrogens with zero attached hydrogens (tertiary/aromatic N) is 4. The van der Waals surface area contributed by atoms with Crippen LogP contribution in [0.25, 0.3) is 6.08 Å². The van der Waals surface area contributed by atoms with E-state index in [0.717, 1.165) is 31.6 Å². The Bertz CT molecular complexity index is 1750. The highest BCUT2D eigenvalue weighted by molar-refractivity contribution is 7.07. The summed E-state index contributed by atoms with van der Waals surface area (Å²) in [6, 6.07) is 9.17. The predicted molar refractivity (Wildman–Crippen MR) is 159 cm³/mol. The van der Waals surface area contributed by atoms with Crippen LogP contribution in [0.3, 0.4) is 0 Å². The number of ether oxygens (including phenoxy) is 3. The maximum Gasteiger partial charge on any atom is 0.338 e. The lowest BCUT2D eigenvalue weighted by molar-refractivity contribution is -0.384. The summed E-state index contributed by atoms with van der Waals surface area (Å²) >= 11 is 1.17. The SMILES string of the molecule is CCOC(=O)C1=C(C)N=c2sc(=Cc3cc([N+](=O)[O-])ccc3N3CCCC3)c(=O)n2[C@H]1c1ccc(OC)c(OCC)c1. The summed E-state index contributed by atoms with van der Waals surface area (Å²) < 4.78 is 18.5. The molecule has 0 saturated carbocycles. The molecule has 12 heteroatoms. The number of allylic oxidation sites excluding steroid dienone is 1. The molecule has 0 spiro atoms. The molecule has 5 rings (SSSR count). The first-order valence-electron chi connectivity index (χ1n) is 13.8. The Hall–Kier alpha value is -4.45. The quantitative estimate of drug-likeness (QED) is 0.209. The van der Waals surface area contributed by atoms with Crippen molar-refractivity contribution in [1.29, 1.82) is 0 Å². The van der Waals surface area contributed by atoms with Gasteiger partial charge in [-0.2, -0.15) is 0 Å². The van der Waals surface area contributed by atoms with Crippen molar-refractivity contribution in [3.8, 4) is 11.5 Å². The first kappa shape index (κ1) is 29.1. The number of hydrogen-bond acceptors (Lipinski definition) is 10. The molecule has 3 heterocycles. The van der Waals surface area contributed by atoms with Crippen LogP contribution in [-0.2, 0) is 9.53 Å². The van der Waals surface area contributed by atoms with Crippen molar-refractivity contribution in [2.24, 2.45) is 4.99 Å². The van der Waals surface area contributed by atoms with Crippen LogP contribution in [0.4, 0.5) is 11.4 Å². The molecule has 3 aromatic rings. The highest BCUT2D eigenvalue weighted by Crippen LogP contribution is 2.36. The van der Waals surface area contributed by atoms with Crippen LogP contribution in [0, 0.1) is 10.1 Å². The smallest absolute Gasteiger partial charge is 0.338 e. The maximum atomic E-state index is 14.1. The van der Waals surface area contributed by atoms with Gasteiger partial charge in [0.25, 0.3) is 11.2 Å². The highest BCUT2D eigenvalue weighted by atomic mass is 32.1. The average molecular weight is 593 g/mol. The van der Waals surface area contributed by atoms with Crippen molar-refractivity contribution in [3.63, 3.8) is 0 Å². The molecular formula is C30H32N4O7S. The number of fused-ring (bicyclic) bond motifs is 1. The van der Waals surface area contributed by atoms with Crippen LogP contribution >= 0.6 is 11.3 Å². The number of methoxy groups -OCH3 is 1. The van der Waals surface area contributed by atoms with E-state index in [1.165, 1.54) is 28.0 Å². The summed E-state index contributed by atoms with van der Waals surface area (Å²) in [4.78, 5) is 45.7. The van der Waals surface area contributed by atoms with E-state index in [-0.39, 0.29) is 23.4 Å². The third-order valence-electron chi connectivity index (χ3n) is 7.28. The molecule has 220 valence electrons. The summed E-state index contributed by atoms with van der Waals surface area (Å²) in [6.45, 7) is 7.51. The number of rotatable bonds is 9. The Morgan fingerprint density at radius 1 is 1.14 bits per heavy atom. The Kier molecular flexibility index (Phi) is 8.44. The Balaban J connectivity index is 1.73. The van der Waals surface area contributed by atoms with Gasteiger partial charge in [0.2, 0.25) is 0 Å². The number of nitro benzene ring substituents is 1. The molecule has 0 amide bonds. The number of thiazole rings is 1. The number of carbonyl (C=O) groups excluding carboxylic acids is 1. The first-order valence-corrected chi connectivity index (χ1v) is 14.6. The molecule has 0 bridgehead atoms. The normalized spacial score (nSPS) is 16.7. The van der Waals surface area contributed by atoms with E-state index in [4.69, 9.17) is 14.2 Å². The van der Waals surface area contributed by atoms with Gasteiger partial charge >= 0.3 is 5.97 Å². The summed E-state index contributed by atoms with van der Waals surface area (Å²) in [6.07, 6.45) is 3.74. The van der Waals surface area contributed by atoms with E-state index in [2.05, 4.69) is 9.89 Å². The van der Waals surface area contributed by atoms with E-state index >= 15 is 0 Å². The minimum Gasteiger partial charge on any atom is -0.493 e. The number of anilines is 1. The first-order chi connectivity index (χ1) is 20.3. The van der Waals surface area contributed by atoms with Crippen molar-refractivity contribution in [2.45, 2.75) is 39.7 Å². The second-order valence-corrected chi connectivity index (χ2v) is 10.8. The summed E-state index contributed by atoms with van der Waals surface area (Å²) in [7, 11) is 1.54. The fourth-order valence-electron chi connectivity index (χ4n) is 5.40. The van der Waals surface area contributed by atoms with Crippen molar-refractivity contribution < 1.29 is 23.9 Å². The summed E-state index contributed by atoms with van der Waals surface area (Å²) in [5.74, 6) is 0.428. The molecule has 1 fully saturated rings. The van der Waals surface area contributed by atoms with E-state index in [9.17, 15) is 19.7 Å². The standard InChI is InChI=1S/C30H32N4O7S/c1-5-40-24-16-19(9-12-23(24)39-4)27-26(29(36)41-6-2)18(3)31-30-33(27)28(35)25(42-30)17-20-15-21(34(37)38)10-11-22(20)32-13-7-8-14-32/h9-12,15-17,27H,5-8,13-14H2,1-4H3/t27-/m0/s1. The van der Waals surface area contributed by atoms with Gasteiger partial charge in [-0.15, -0.1) is 0 Å². The predicted octanol–water partition coefficient (Wildman–Crippen LogP) is 3.71. The monoisotopic (exact) mass is 592 g/mol. The Morgan fingerprint density at radius 2 is 1.90 bits per heavy atom. The van der Waals surface area contributed by atoms with E-state index in [0.29, 0.717) is 44.3 Å². The molecule has 0 aliphatic carbocycles. The average Bonchev–Trinajstić information content (AvgIpc) is 3.61. The molecular weight excluding hydrogens is 560 g/mol. The zero-order chi connectivity index (χ0) is 30.0. The van der Waals surface area contributed by atoms with Crippen LogP contribution < -0.4 is 29.3 Å². The second-order valence-electron chi connectivity index (χ2n) is 9.84. The molecule has 1 atom stereocenters. The van der Waals surface area contributed by atoms with Crippen LogP contribution in [0.15, 0.2) is 57.5 Å². The molecule has 1 saturated heterocycles. The van der Waals surface area contributed by atoms with Gasteiger partial charge in [0.1, 0.15) is 0 Å². The topological polar surface area (TPSA) is 126 Å². The second kappa shape index (κ2) is 12.2. The third kappa shape index (κ3) is 5.41. The fourth-order valence-corrected chi connectivity index (χ4v) is 6.43. The lowest BCUT2D eigenvalue weighted by Crippen LogP contribution is -2.40. The van der Waals surface area contributed by atoms with Gasteiger partial charge in [-0.1, -0.05) is 17.4 Å². The molecule has 2 aliphatic rings. The summed E-state index contributed by atoms with van der Waals surface area (Å²) in [5, 5.41) is 11.6. The number of nitro groups is 1. The number of benzene rings is 2. The zero-order valence-electron chi connectivity index (χ0n) is 23.9. The number of esters is 1. The molecule has 11 nitrogen and oxygen atoms in total. The number of non-ortho nitro benzene ring substituents is 1. The number of hydrogen-bond donors (Lipinski definition) is 0. The third-order valence-corrected chi connectivity index (χ3v) is 8.26. The van der Waals surface area contributed by atoms with Crippen molar-refractivity contribution in [3.05, 3.63) is 88.6 Å². The van der Waals surface area contributed by atoms with Crippen LogP contribution in [-0.4, -0.2) is 48.9 Å². The number of carbonyl (C=O) groups is 1. The number of aromatic nitrogens is 1. The Labute approximate surface area is 246 Å². The molecule has 2 aliphatic heterocycles. The van der Waals surface area contributed by atoms with Gasteiger partial charge in [-0.25, -0.2) is 9.79 Å². The largest absolute Gasteiger partial charge is 0.493 e. The summed E-state index contributed by atoms with van der Waals surface area (Å²) in [5.41, 5.74) is 2.29. The maximum absolute atomic E-state index is 14.1. The van der Waals surface area contributed by atoms with Crippen molar-refractivity contribution in [2.75, 3.05) is 38.3 Å². The Morgan fingerprint density at radius 3 is 2.57 bits per heavy atom. The van der Waals surface area contributed by atoms with E-state index in [1.54, 1.807) is 51.3 Å². The fraction of sp³-hybridized carbons (Fsp3) is 0.367. The van der Waals surface area contributed by atoms with Gasteiger partial charge in [0.15, 0.2) is 16.3 Å². The van der Waals surface area contributed by atoms with E-state index < -0.39 is 16.9 Å². The molecule has 2 aromatic carbocycles. The van der Waals surface area contributed by atoms with Crippen molar-refractivity contribution >= 4 is 34.8 Å². The minimum absolute atomic E-state index is 0.0584. The van der Waals surface area contributed by atoms with Gasteiger partial charge in [-0.3, -0.25) is 19.5 Å². The van der Waals surface area contributed by atoms with Gasteiger partial charge in [0.05, 0.1) is 47.1 Å². The lowest BCUT2D eigenvalue weighted by Gasteiger charge is -2.25. The van der Waals surface area contributed by atoms with Gasteiger partial charge in [-0.05, 0) is 63.5 Å².